The second-order valence-corrected chi connectivity index (χ2v) is 9.05. The predicted molar refractivity (Wildman–Crippen MR) is 138 cm³/mol. The van der Waals surface area contributed by atoms with Crippen LogP contribution in [0.2, 0.25) is 5.02 Å². The predicted octanol–water partition coefficient (Wildman–Crippen LogP) is 6.30. The normalized spacial score (nSPS) is 12.2. The first-order chi connectivity index (χ1) is 16.8. The van der Waals surface area contributed by atoms with E-state index in [1.54, 1.807) is 30.3 Å². The summed E-state index contributed by atoms with van der Waals surface area (Å²) in [7, 11) is 0. The summed E-state index contributed by atoms with van der Waals surface area (Å²) in [5, 5.41) is 16.2. The molecule has 9 nitrogen and oxygen atoms in total. The largest absolute Gasteiger partial charge is 0.438 e. The van der Waals surface area contributed by atoms with Gasteiger partial charge in [-0.1, -0.05) is 41.4 Å². The maximum atomic E-state index is 13.3. The van der Waals surface area contributed by atoms with Gasteiger partial charge in [0.2, 0.25) is 5.88 Å². The Morgan fingerprint density at radius 2 is 2.06 bits per heavy atom. The van der Waals surface area contributed by atoms with Crippen LogP contribution in [0, 0.1) is 10.1 Å². The third kappa shape index (κ3) is 5.39. The summed E-state index contributed by atoms with van der Waals surface area (Å²) in [5.74, 6) is 1.02. The number of hydrogen-bond acceptors (Lipinski definition) is 7. The van der Waals surface area contributed by atoms with Gasteiger partial charge < -0.3 is 4.74 Å². The van der Waals surface area contributed by atoms with Crippen molar-refractivity contribution >= 4 is 50.3 Å². The second kappa shape index (κ2) is 10.3. The first-order valence-corrected chi connectivity index (χ1v) is 11.8. The molecule has 0 radical (unpaired) electrons. The Kier molecular flexibility index (Phi) is 7.23. The number of benzene rings is 2. The molecule has 2 aromatic carbocycles. The van der Waals surface area contributed by atoms with Crippen LogP contribution < -0.4 is 10.3 Å². The molecule has 0 aliphatic rings. The average Bonchev–Trinajstić information content (AvgIpc) is 2.85. The third-order valence-electron chi connectivity index (χ3n) is 5.32. The van der Waals surface area contributed by atoms with E-state index in [-0.39, 0.29) is 23.0 Å². The summed E-state index contributed by atoms with van der Waals surface area (Å²) >= 11 is 9.59. The number of rotatable bonds is 7. The van der Waals surface area contributed by atoms with E-state index in [9.17, 15) is 14.9 Å². The van der Waals surface area contributed by atoms with E-state index < -0.39 is 4.92 Å². The van der Waals surface area contributed by atoms with Gasteiger partial charge in [0.1, 0.15) is 17.8 Å². The van der Waals surface area contributed by atoms with E-state index in [1.807, 2.05) is 19.9 Å². The summed E-state index contributed by atoms with van der Waals surface area (Å²) in [6, 6.07) is 12.9. The van der Waals surface area contributed by atoms with Crippen molar-refractivity contribution in [1.82, 2.24) is 14.6 Å². The fraction of sp³-hybridized carbons (Fsp3) is 0.167. The fourth-order valence-corrected chi connectivity index (χ4v) is 3.81. The summed E-state index contributed by atoms with van der Waals surface area (Å²) in [5.41, 5.74) is 0.622. The lowest BCUT2D eigenvalue weighted by Gasteiger charge is -2.14. The van der Waals surface area contributed by atoms with Crippen LogP contribution in [0.5, 0.6) is 11.6 Å². The number of halogens is 2. The number of ether oxygens (including phenoxy) is 1. The topological polar surface area (TPSA) is 113 Å². The monoisotopic (exact) mass is 555 g/mol. The molecule has 0 fully saturated rings. The van der Waals surface area contributed by atoms with E-state index in [2.05, 4.69) is 26.0 Å². The Morgan fingerprint density at radius 1 is 1.26 bits per heavy atom. The van der Waals surface area contributed by atoms with Crippen LogP contribution in [-0.2, 0) is 0 Å². The first-order valence-electron chi connectivity index (χ1n) is 10.6. The summed E-state index contributed by atoms with van der Waals surface area (Å²) in [6.07, 6.45) is 3.34. The summed E-state index contributed by atoms with van der Waals surface area (Å²) in [4.78, 5) is 32.3. The summed E-state index contributed by atoms with van der Waals surface area (Å²) < 4.78 is 7.86. The van der Waals surface area contributed by atoms with Gasteiger partial charge in [-0.2, -0.15) is 9.78 Å². The van der Waals surface area contributed by atoms with E-state index >= 15 is 0 Å². The molecule has 0 saturated heterocycles. The highest BCUT2D eigenvalue weighted by molar-refractivity contribution is 9.10. The van der Waals surface area contributed by atoms with Crippen molar-refractivity contribution in [3.8, 4) is 11.6 Å². The zero-order valence-corrected chi connectivity index (χ0v) is 21.0. The quantitative estimate of drug-likeness (QED) is 0.150. The number of nitro groups is 1. The molecule has 0 aliphatic carbocycles. The van der Waals surface area contributed by atoms with Gasteiger partial charge in [0.05, 0.1) is 22.0 Å². The van der Waals surface area contributed by atoms with Crippen LogP contribution in [0.15, 0.2) is 69.1 Å². The Morgan fingerprint density at radius 3 is 2.74 bits per heavy atom. The van der Waals surface area contributed by atoms with Crippen LogP contribution in [0.25, 0.3) is 10.9 Å². The average molecular weight is 557 g/mol. The van der Waals surface area contributed by atoms with Crippen LogP contribution in [0.1, 0.15) is 37.6 Å². The van der Waals surface area contributed by atoms with Crippen LogP contribution in [0.3, 0.4) is 0 Å². The van der Waals surface area contributed by atoms with Crippen molar-refractivity contribution < 1.29 is 9.66 Å². The molecule has 178 valence electrons. The maximum Gasteiger partial charge on any atom is 0.287 e. The molecule has 1 atom stereocenters. The lowest BCUT2D eigenvalue weighted by molar-refractivity contribution is -0.385. The van der Waals surface area contributed by atoms with Crippen molar-refractivity contribution in [2.24, 2.45) is 5.10 Å². The number of pyridine rings is 1. The van der Waals surface area contributed by atoms with Gasteiger partial charge in [0.15, 0.2) is 0 Å². The van der Waals surface area contributed by atoms with Crippen molar-refractivity contribution in [2.75, 3.05) is 0 Å². The van der Waals surface area contributed by atoms with Crippen LogP contribution >= 0.6 is 27.5 Å². The highest BCUT2D eigenvalue weighted by Gasteiger charge is 2.16. The first kappa shape index (κ1) is 24.5. The molecule has 11 heteroatoms. The number of nitrogens with zero attached hydrogens (tertiary/aromatic N) is 5. The minimum Gasteiger partial charge on any atom is -0.438 e. The van der Waals surface area contributed by atoms with Gasteiger partial charge in [-0.15, -0.1) is 0 Å². The molecule has 4 rings (SSSR count). The Bertz CT molecular complexity index is 1500. The molecule has 0 saturated carbocycles. The molecule has 0 N–H and O–H groups in total. The van der Waals surface area contributed by atoms with E-state index in [4.69, 9.17) is 21.3 Å². The second-order valence-electron chi connectivity index (χ2n) is 7.70. The molecule has 2 aromatic heterocycles. The molecule has 4 aromatic rings. The maximum absolute atomic E-state index is 13.3. The number of hydrogen-bond donors (Lipinski definition) is 0. The van der Waals surface area contributed by atoms with Gasteiger partial charge in [-0.05, 0) is 42.8 Å². The van der Waals surface area contributed by atoms with E-state index in [1.165, 1.54) is 23.0 Å². The minimum atomic E-state index is -0.542. The zero-order valence-electron chi connectivity index (χ0n) is 18.7. The van der Waals surface area contributed by atoms with Crippen molar-refractivity contribution in [1.29, 1.82) is 0 Å². The Hall–Kier alpha value is -3.63. The highest BCUT2D eigenvalue weighted by Crippen LogP contribution is 2.27. The van der Waals surface area contributed by atoms with Crippen LogP contribution in [-0.4, -0.2) is 25.8 Å². The number of fused-ring (bicyclic) bond motifs is 1. The van der Waals surface area contributed by atoms with Gasteiger partial charge in [-0.25, -0.2) is 9.97 Å². The lowest BCUT2D eigenvalue weighted by Crippen LogP contribution is -2.23. The molecule has 2 heterocycles. The van der Waals surface area contributed by atoms with Gasteiger partial charge in [-0.3, -0.25) is 14.9 Å². The zero-order chi connectivity index (χ0) is 25.1. The van der Waals surface area contributed by atoms with Crippen molar-refractivity contribution in [3.05, 3.63) is 96.1 Å². The highest BCUT2D eigenvalue weighted by atomic mass is 79.9. The molecule has 0 bridgehead atoms. The molecule has 0 unspecified atom stereocenters. The third-order valence-corrected chi connectivity index (χ3v) is 6.05. The molecule has 35 heavy (non-hydrogen) atoms. The molecular formula is C24H19BrClN5O4. The standard InChI is InChI=1S/C24H19BrClN5O4/c1-3-14(2)23-29-20-7-4-16(25)11-19(20)24(32)30(23)28-12-15-10-17(26)5-8-21(15)35-22-9-6-18(13-27-22)31(33)34/h4-14H,3H2,1-2H3/t14-/m1/s1. The Labute approximate surface area is 213 Å². The van der Waals surface area contributed by atoms with Crippen molar-refractivity contribution in [3.63, 3.8) is 0 Å². The van der Waals surface area contributed by atoms with Crippen LogP contribution in [0.4, 0.5) is 5.69 Å². The lowest BCUT2D eigenvalue weighted by atomic mass is 10.1. The number of aromatic nitrogens is 3. The smallest absolute Gasteiger partial charge is 0.287 e. The van der Waals surface area contributed by atoms with Crippen molar-refractivity contribution in [2.45, 2.75) is 26.2 Å². The minimum absolute atomic E-state index is 0.0210. The molecule has 0 spiro atoms. The fourth-order valence-electron chi connectivity index (χ4n) is 3.27. The van der Waals surface area contributed by atoms with E-state index in [0.717, 1.165) is 17.1 Å². The molecule has 0 amide bonds. The van der Waals surface area contributed by atoms with E-state index in [0.29, 0.717) is 33.1 Å². The van der Waals surface area contributed by atoms with Gasteiger partial charge >= 0.3 is 0 Å². The molecular weight excluding hydrogens is 538 g/mol. The SMILES string of the molecule is CC[C@@H](C)c1nc2ccc(Br)cc2c(=O)n1N=Cc1cc(Cl)ccc1Oc1ccc([N+](=O)[O-])cn1. The molecule has 0 aliphatic heterocycles. The van der Waals surface area contributed by atoms with Gasteiger partial charge in [0.25, 0.3) is 11.2 Å². The Balaban J connectivity index is 1.77. The summed E-state index contributed by atoms with van der Waals surface area (Å²) in [6.45, 7) is 3.99. The van der Waals surface area contributed by atoms with Gasteiger partial charge in [0, 0.05) is 33.1 Å².